The van der Waals surface area contributed by atoms with Crippen LogP contribution in [-0.2, 0) is 9.84 Å². The molecule has 1 unspecified atom stereocenters. The summed E-state index contributed by atoms with van der Waals surface area (Å²) >= 11 is 1.51. The quantitative estimate of drug-likeness (QED) is 0.930. The van der Waals surface area contributed by atoms with E-state index in [0.29, 0.717) is 5.82 Å². The smallest absolute Gasteiger partial charge is 0.179 e. The number of rotatable bonds is 4. The maximum Gasteiger partial charge on any atom is 0.179 e. The van der Waals surface area contributed by atoms with Crippen molar-refractivity contribution >= 4 is 27.0 Å². The van der Waals surface area contributed by atoms with Crippen LogP contribution < -0.4 is 5.32 Å². The van der Waals surface area contributed by atoms with Crippen LogP contribution in [-0.4, -0.2) is 24.6 Å². The topological polar surface area (TPSA) is 72.0 Å². The Bertz CT molecular complexity index is 623. The lowest BCUT2D eigenvalue weighted by molar-refractivity contribution is 0.601. The summed E-state index contributed by atoms with van der Waals surface area (Å²) in [5.74, 6) is 0.364. The van der Waals surface area contributed by atoms with E-state index < -0.39 is 9.84 Å². The Morgan fingerprint density at radius 1 is 1.33 bits per heavy atom. The van der Waals surface area contributed by atoms with Gasteiger partial charge in [-0.1, -0.05) is 0 Å². The Balaban J connectivity index is 2.30. The highest BCUT2D eigenvalue weighted by atomic mass is 32.2. The lowest BCUT2D eigenvalue weighted by Crippen LogP contribution is -2.11. The standard InChI is InChI=1S/C11H13N3O2S2/c1-8(11-13-6-7-17-11)14-10-9(18(2,15)16)4-3-5-12-10/h3-8H,1-2H3,(H,12,14). The van der Waals surface area contributed by atoms with E-state index in [1.54, 1.807) is 24.5 Å². The van der Waals surface area contributed by atoms with Crippen molar-refractivity contribution in [2.75, 3.05) is 11.6 Å². The van der Waals surface area contributed by atoms with Gasteiger partial charge in [-0.05, 0) is 19.1 Å². The molecule has 0 radical (unpaired) electrons. The summed E-state index contributed by atoms with van der Waals surface area (Å²) in [4.78, 5) is 8.47. The summed E-state index contributed by atoms with van der Waals surface area (Å²) in [6.07, 6.45) is 4.45. The van der Waals surface area contributed by atoms with Crippen LogP contribution in [0.1, 0.15) is 18.0 Å². The van der Waals surface area contributed by atoms with E-state index in [1.807, 2.05) is 12.3 Å². The third-order valence-electron chi connectivity index (χ3n) is 2.35. The van der Waals surface area contributed by atoms with E-state index in [1.165, 1.54) is 17.6 Å². The van der Waals surface area contributed by atoms with Gasteiger partial charge in [-0.25, -0.2) is 18.4 Å². The summed E-state index contributed by atoms with van der Waals surface area (Å²) in [5.41, 5.74) is 0. The Labute approximate surface area is 110 Å². The minimum Gasteiger partial charge on any atom is -0.360 e. The fraction of sp³-hybridized carbons (Fsp3) is 0.273. The first kappa shape index (κ1) is 13.0. The van der Waals surface area contributed by atoms with Gasteiger partial charge in [0, 0.05) is 24.0 Å². The van der Waals surface area contributed by atoms with Gasteiger partial charge in [0.2, 0.25) is 0 Å². The van der Waals surface area contributed by atoms with Crippen LogP contribution in [0.15, 0.2) is 34.8 Å². The first-order valence-corrected chi connectivity index (χ1v) is 8.06. The van der Waals surface area contributed by atoms with Crippen LogP contribution in [0.5, 0.6) is 0 Å². The van der Waals surface area contributed by atoms with Crippen molar-refractivity contribution in [3.63, 3.8) is 0 Å². The average molecular weight is 283 g/mol. The Hall–Kier alpha value is -1.47. The van der Waals surface area contributed by atoms with Crippen molar-refractivity contribution in [3.05, 3.63) is 34.9 Å². The van der Waals surface area contributed by atoms with Gasteiger partial charge < -0.3 is 5.32 Å². The number of thiazole rings is 1. The second kappa shape index (κ2) is 5.03. The van der Waals surface area contributed by atoms with Crippen LogP contribution in [0.3, 0.4) is 0 Å². The molecule has 5 nitrogen and oxygen atoms in total. The number of sulfone groups is 1. The first-order chi connectivity index (χ1) is 8.48. The molecule has 18 heavy (non-hydrogen) atoms. The first-order valence-electron chi connectivity index (χ1n) is 5.29. The van der Waals surface area contributed by atoms with Gasteiger partial charge in [-0.2, -0.15) is 0 Å². The SMILES string of the molecule is CC(Nc1ncccc1S(C)(=O)=O)c1nccs1. The monoisotopic (exact) mass is 283 g/mol. The molecule has 0 fully saturated rings. The summed E-state index contributed by atoms with van der Waals surface area (Å²) in [6, 6.07) is 3.06. The van der Waals surface area contributed by atoms with Gasteiger partial charge in [0.15, 0.2) is 9.84 Å². The van der Waals surface area contributed by atoms with Gasteiger partial charge in [0.1, 0.15) is 15.7 Å². The molecule has 0 aliphatic rings. The number of hydrogen-bond acceptors (Lipinski definition) is 6. The summed E-state index contributed by atoms with van der Waals surface area (Å²) in [6.45, 7) is 1.92. The van der Waals surface area contributed by atoms with Gasteiger partial charge in [0.25, 0.3) is 0 Å². The number of nitrogens with zero attached hydrogens (tertiary/aromatic N) is 2. The van der Waals surface area contributed by atoms with Crippen molar-refractivity contribution in [2.45, 2.75) is 17.9 Å². The number of aromatic nitrogens is 2. The Kier molecular flexibility index (Phi) is 3.63. The molecule has 0 saturated carbocycles. The molecule has 2 heterocycles. The molecule has 0 spiro atoms. The second-order valence-electron chi connectivity index (χ2n) is 3.86. The van der Waals surface area contributed by atoms with Crippen LogP contribution >= 0.6 is 11.3 Å². The van der Waals surface area contributed by atoms with Crippen molar-refractivity contribution in [1.82, 2.24) is 9.97 Å². The van der Waals surface area contributed by atoms with E-state index in [0.717, 1.165) is 5.01 Å². The molecule has 0 bridgehead atoms. The molecule has 0 saturated heterocycles. The van der Waals surface area contributed by atoms with E-state index in [2.05, 4.69) is 15.3 Å². The zero-order chi connectivity index (χ0) is 13.2. The molecule has 2 aromatic rings. The predicted octanol–water partition coefficient (Wildman–Crippen LogP) is 2.11. The number of anilines is 1. The van der Waals surface area contributed by atoms with Crippen molar-refractivity contribution in [3.8, 4) is 0 Å². The largest absolute Gasteiger partial charge is 0.360 e. The maximum atomic E-state index is 11.6. The molecule has 0 aliphatic heterocycles. The highest BCUT2D eigenvalue weighted by molar-refractivity contribution is 7.90. The summed E-state index contributed by atoms with van der Waals surface area (Å²) < 4.78 is 23.3. The zero-order valence-corrected chi connectivity index (χ0v) is 11.6. The molecule has 0 amide bonds. The maximum absolute atomic E-state index is 11.6. The Morgan fingerprint density at radius 3 is 2.72 bits per heavy atom. The van der Waals surface area contributed by atoms with Crippen LogP contribution in [0, 0.1) is 0 Å². The molecule has 96 valence electrons. The Morgan fingerprint density at radius 2 is 2.11 bits per heavy atom. The molecule has 2 aromatic heterocycles. The van der Waals surface area contributed by atoms with Gasteiger partial charge >= 0.3 is 0 Å². The third kappa shape index (κ3) is 2.85. The van der Waals surface area contributed by atoms with E-state index in [-0.39, 0.29) is 10.9 Å². The van der Waals surface area contributed by atoms with Gasteiger partial charge in [0.05, 0.1) is 6.04 Å². The van der Waals surface area contributed by atoms with Crippen LogP contribution in [0.2, 0.25) is 0 Å². The lowest BCUT2D eigenvalue weighted by atomic mass is 10.3. The van der Waals surface area contributed by atoms with Crippen molar-refractivity contribution in [2.24, 2.45) is 0 Å². The molecule has 2 rings (SSSR count). The fourth-order valence-electron chi connectivity index (χ4n) is 1.51. The molecular formula is C11H13N3O2S2. The van der Waals surface area contributed by atoms with Crippen molar-refractivity contribution in [1.29, 1.82) is 0 Å². The third-order valence-corrected chi connectivity index (χ3v) is 4.43. The predicted molar refractivity (Wildman–Crippen MR) is 71.5 cm³/mol. The lowest BCUT2D eigenvalue weighted by Gasteiger charge is -2.14. The van der Waals surface area contributed by atoms with E-state index in [4.69, 9.17) is 0 Å². The molecule has 0 aromatic carbocycles. The van der Waals surface area contributed by atoms with Crippen LogP contribution in [0.4, 0.5) is 5.82 Å². The van der Waals surface area contributed by atoms with Crippen molar-refractivity contribution < 1.29 is 8.42 Å². The summed E-state index contributed by atoms with van der Waals surface area (Å²) in [5, 5.41) is 5.84. The minimum atomic E-state index is -3.29. The highest BCUT2D eigenvalue weighted by Crippen LogP contribution is 2.24. The molecule has 1 atom stereocenters. The number of pyridine rings is 1. The van der Waals surface area contributed by atoms with Gasteiger partial charge in [-0.3, -0.25) is 0 Å². The minimum absolute atomic E-state index is 0.0830. The summed E-state index contributed by atoms with van der Waals surface area (Å²) in [7, 11) is -3.29. The zero-order valence-electron chi connectivity index (χ0n) is 9.99. The van der Waals surface area contributed by atoms with Gasteiger partial charge in [-0.15, -0.1) is 11.3 Å². The fourth-order valence-corrected chi connectivity index (χ4v) is 2.95. The average Bonchev–Trinajstić information content (AvgIpc) is 2.81. The number of nitrogens with one attached hydrogen (secondary N) is 1. The number of hydrogen-bond donors (Lipinski definition) is 1. The molecular weight excluding hydrogens is 270 g/mol. The van der Waals surface area contributed by atoms with E-state index in [9.17, 15) is 8.42 Å². The van der Waals surface area contributed by atoms with E-state index >= 15 is 0 Å². The molecule has 0 aliphatic carbocycles. The normalized spacial score (nSPS) is 13.2. The molecule has 1 N–H and O–H groups in total. The highest BCUT2D eigenvalue weighted by Gasteiger charge is 2.16. The molecule has 7 heteroatoms. The second-order valence-corrected chi connectivity index (χ2v) is 6.77. The van der Waals surface area contributed by atoms with Crippen LogP contribution in [0.25, 0.3) is 0 Å².